The first-order chi connectivity index (χ1) is 14.0. The number of thiazole rings is 1. The lowest BCUT2D eigenvalue weighted by Crippen LogP contribution is -2.39. The van der Waals surface area contributed by atoms with Gasteiger partial charge in [0.15, 0.2) is 5.13 Å². The Morgan fingerprint density at radius 3 is 2.59 bits per heavy atom. The molecule has 29 heavy (non-hydrogen) atoms. The average molecular weight is 452 g/mol. The normalized spacial score (nSPS) is 11.2. The minimum absolute atomic E-state index is 0.220. The molecule has 0 spiro atoms. The summed E-state index contributed by atoms with van der Waals surface area (Å²) >= 11 is 13.9. The zero-order valence-electron chi connectivity index (χ0n) is 16.6. The van der Waals surface area contributed by atoms with Gasteiger partial charge in [-0.05, 0) is 43.4 Å². The van der Waals surface area contributed by atoms with E-state index in [1.54, 1.807) is 30.2 Å². The minimum Gasteiger partial charge on any atom is -0.494 e. The Bertz CT molecular complexity index is 1000. The predicted octanol–water partition coefficient (Wildman–Crippen LogP) is 5.60. The first-order valence-corrected chi connectivity index (χ1v) is 11.0. The highest BCUT2D eigenvalue weighted by molar-refractivity contribution is 7.22. The van der Waals surface area contributed by atoms with Gasteiger partial charge >= 0.3 is 0 Å². The van der Waals surface area contributed by atoms with Crippen LogP contribution in [-0.2, 0) is 0 Å². The number of rotatable bonds is 8. The van der Waals surface area contributed by atoms with Crippen molar-refractivity contribution in [3.63, 3.8) is 0 Å². The highest BCUT2D eigenvalue weighted by Crippen LogP contribution is 2.35. The second kappa shape index (κ2) is 9.76. The molecule has 1 amide bonds. The number of benzene rings is 2. The Balaban J connectivity index is 2.03. The zero-order valence-corrected chi connectivity index (χ0v) is 18.9. The second-order valence-electron chi connectivity index (χ2n) is 6.41. The van der Waals surface area contributed by atoms with E-state index in [0.717, 1.165) is 29.9 Å². The average Bonchev–Trinajstić information content (AvgIpc) is 3.16. The fourth-order valence-corrected chi connectivity index (χ4v) is 4.44. The van der Waals surface area contributed by atoms with Crippen LogP contribution in [0.1, 0.15) is 24.2 Å². The van der Waals surface area contributed by atoms with E-state index in [4.69, 9.17) is 32.9 Å². The van der Waals surface area contributed by atoms with Crippen LogP contribution in [0.2, 0.25) is 10.0 Å². The van der Waals surface area contributed by atoms with Gasteiger partial charge in [-0.25, -0.2) is 4.98 Å². The van der Waals surface area contributed by atoms with Gasteiger partial charge < -0.3 is 9.64 Å². The highest BCUT2D eigenvalue weighted by atomic mass is 35.5. The van der Waals surface area contributed by atoms with Crippen LogP contribution >= 0.6 is 34.5 Å². The number of likely N-dealkylation sites (N-methyl/N-ethyl adjacent to an activating group) is 1. The molecule has 2 aromatic carbocycles. The van der Waals surface area contributed by atoms with Crippen molar-refractivity contribution in [3.05, 3.63) is 52.0 Å². The van der Waals surface area contributed by atoms with Crippen molar-refractivity contribution in [2.45, 2.75) is 13.8 Å². The summed E-state index contributed by atoms with van der Waals surface area (Å²) in [5, 5.41) is 1.44. The van der Waals surface area contributed by atoms with Gasteiger partial charge in [0.1, 0.15) is 11.3 Å². The van der Waals surface area contributed by atoms with Crippen LogP contribution in [0.5, 0.6) is 5.75 Å². The van der Waals surface area contributed by atoms with Crippen molar-refractivity contribution >= 4 is 55.8 Å². The van der Waals surface area contributed by atoms with Crippen molar-refractivity contribution in [1.29, 1.82) is 0 Å². The molecule has 0 aliphatic heterocycles. The SMILES string of the molecule is CCN(CC)CCN(C(=O)c1cc(Cl)ccc1Cl)c1nc2c(OC)cccc2s1. The Labute approximate surface area is 184 Å². The topological polar surface area (TPSA) is 45.7 Å². The van der Waals surface area contributed by atoms with E-state index in [2.05, 4.69) is 18.7 Å². The monoisotopic (exact) mass is 451 g/mol. The molecular weight excluding hydrogens is 429 g/mol. The molecule has 0 unspecified atom stereocenters. The van der Waals surface area contributed by atoms with Gasteiger partial charge in [0, 0.05) is 18.1 Å². The van der Waals surface area contributed by atoms with Crippen LogP contribution in [0.3, 0.4) is 0 Å². The van der Waals surface area contributed by atoms with Crippen LogP contribution in [0.25, 0.3) is 10.2 Å². The maximum atomic E-state index is 13.4. The summed E-state index contributed by atoms with van der Waals surface area (Å²) in [7, 11) is 1.61. The zero-order chi connectivity index (χ0) is 21.0. The number of amides is 1. The predicted molar refractivity (Wildman–Crippen MR) is 122 cm³/mol. The number of hydrogen-bond acceptors (Lipinski definition) is 5. The van der Waals surface area contributed by atoms with Crippen LogP contribution in [-0.4, -0.2) is 49.1 Å². The third-order valence-electron chi connectivity index (χ3n) is 4.76. The molecule has 154 valence electrons. The summed E-state index contributed by atoms with van der Waals surface area (Å²) in [6.07, 6.45) is 0. The number of nitrogens with zero attached hydrogens (tertiary/aromatic N) is 3. The molecule has 0 N–H and O–H groups in total. The smallest absolute Gasteiger partial charge is 0.261 e. The molecule has 0 bridgehead atoms. The van der Waals surface area contributed by atoms with Gasteiger partial charge in [0.2, 0.25) is 0 Å². The Kier molecular flexibility index (Phi) is 7.35. The molecule has 8 heteroatoms. The minimum atomic E-state index is -0.220. The number of para-hydroxylation sites is 1. The number of anilines is 1. The van der Waals surface area contributed by atoms with E-state index in [0.29, 0.717) is 33.0 Å². The van der Waals surface area contributed by atoms with Crippen molar-refractivity contribution < 1.29 is 9.53 Å². The third kappa shape index (κ3) is 4.83. The van der Waals surface area contributed by atoms with E-state index in [9.17, 15) is 4.79 Å². The van der Waals surface area contributed by atoms with Crippen molar-refractivity contribution in [3.8, 4) is 5.75 Å². The summed E-state index contributed by atoms with van der Waals surface area (Å²) in [6.45, 7) is 7.24. The van der Waals surface area contributed by atoms with Crippen molar-refractivity contribution in [2.24, 2.45) is 0 Å². The molecule has 5 nitrogen and oxygen atoms in total. The van der Waals surface area contributed by atoms with Crippen LogP contribution in [0, 0.1) is 0 Å². The molecule has 0 fully saturated rings. The van der Waals surface area contributed by atoms with E-state index >= 15 is 0 Å². The largest absolute Gasteiger partial charge is 0.494 e. The third-order valence-corrected chi connectivity index (χ3v) is 6.37. The van der Waals surface area contributed by atoms with Gasteiger partial charge in [-0.3, -0.25) is 9.69 Å². The number of aromatic nitrogens is 1. The number of fused-ring (bicyclic) bond motifs is 1. The molecule has 0 atom stereocenters. The van der Waals surface area contributed by atoms with Gasteiger partial charge in [-0.15, -0.1) is 0 Å². The van der Waals surface area contributed by atoms with Gasteiger partial charge in [-0.1, -0.05) is 54.5 Å². The summed E-state index contributed by atoms with van der Waals surface area (Å²) in [6, 6.07) is 10.7. The summed E-state index contributed by atoms with van der Waals surface area (Å²) < 4.78 is 6.38. The van der Waals surface area contributed by atoms with Crippen molar-refractivity contribution in [2.75, 3.05) is 38.2 Å². The lowest BCUT2D eigenvalue weighted by atomic mass is 10.2. The van der Waals surface area contributed by atoms with Crippen LogP contribution < -0.4 is 9.64 Å². The molecule has 0 aliphatic carbocycles. The Morgan fingerprint density at radius 2 is 1.90 bits per heavy atom. The van der Waals surface area contributed by atoms with E-state index in [-0.39, 0.29) is 5.91 Å². The number of carbonyl (C=O) groups is 1. The molecule has 1 heterocycles. The Hall–Kier alpha value is -1.86. The van der Waals surface area contributed by atoms with Gasteiger partial charge in [-0.2, -0.15) is 0 Å². The molecule has 3 rings (SSSR count). The van der Waals surface area contributed by atoms with Gasteiger partial charge in [0.05, 0.1) is 22.4 Å². The Morgan fingerprint density at radius 1 is 1.14 bits per heavy atom. The molecule has 0 saturated heterocycles. The highest BCUT2D eigenvalue weighted by Gasteiger charge is 2.24. The summed E-state index contributed by atoms with van der Waals surface area (Å²) in [5.41, 5.74) is 1.11. The number of halogens is 2. The van der Waals surface area contributed by atoms with Crippen molar-refractivity contribution in [1.82, 2.24) is 9.88 Å². The fourth-order valence-electron chi connectivity index (χ4n) is 3.06. The lowest BCUT2D eigenvalue weighted by Gasteiger charge is -2.25. The maximum absolute atomic E-state index is 13.4. The molecule has 0 saturated carbocycles. The first-order valence-electron chi connectivity index (χ1n) is 9.41. The van der Waals surface area contributed by atoms with Crippen LogP contribution in [0.4, 0.5) is 5.13 Å². The number of methoxy groups -OCH3 is 1. The lowest BCUT2D eigenvalue weighted by molar-refractivity contribution is 0.0984. The summed E-state index contributed by atoms with van der Waals surface area (Å²) in [4.78, 5) is 22.1. The quantitative estimate of drug-likeness (QED) is 0.446. The standard InChI is InChI=1S/C21H23Cl2N3O2S/c1-4-25(5-2)11-12-26(20(27)15-13-14(22)9-10-16(15)23)21-24-19-17(28-3)7-6-8-18(19)29-21/h6-10,13H,4-5,11-12H2,1-3H3. The molecule has 0 radical (unpaired) electrons. The van der Waals surface area contributed by atoms with E-state index in [1.165, 1.54) is 11.3 Å². The molecule has 3 aromatic rings. The first kappa shape index (κ1) is 21.8. The molecule has 0 aliphatic rings. The fraction of sp³-hybridized carbons (Fsp3) is 0.333. The summed E-state index contributed by atoms with van der Waals surface area (Å²) in [5.74, 6) is 0.463. The second-order valence-corrected chi connectivity index (χ2v) is 8.26. The van der Waals surface area contributed by atoms with E-state index < -0.39 is 0 Å². The molecule has 1 aromatic heterocycles. The number of carbonyl (C=O) groups excluding carboxylic acids is 1. The van der Waals surface area contributed by atoms with Crippen LogP contribution in [0.15, 0.2) is 36.4 Å². The maximum Gasteiger partial charge on any atom is 0.261 e. The molecular formula is C21H23Cl2N3O2S. The number of ether oxygens (including phenoxy) is 1. The van der Waals surface area contributed by atoms with E-state index in [1.807, 2.05) is 18.2 Å². The van der Waals surface area contributed by atoms with Gasteiger partial charge in [0.25, 0.3) is 5.91 Å². The number of hydrogen-bond donors (Lipinski definition) is 0.